The van der Waals surface area contributed by atoms with Gasteiger partial charge in [0.05, 0.1) is 30.0 Å². The van der Waals surface area contributed by atoms with Crippen LogP contribution in [0.2, 0.25) is 5.02 Å². The van der Waals surface area contributed by atoms with Gasteiger partial charge in [0.2, 0.25) is 10.0 Å². The number of halogens is 1. The maximum absolute atomic E-state index is 12.5. The topological polar surface area (TPSA) is 84.5 Å². The Morgan fingerprint density at radius 3 is 2.48 bits per heavy atom. The first-order chi connectivity index (χ1) is 11.7. The van der Waals surface area contributed by atoms with Crippen LogP contribution in [0.25, 0.3) is 0 Å². The highest BCUT2D eigenvalue weighted by molar-refractivity contribution is 7.92. The number of anilines is 1. The number of nitrogens with one attached hydrogen (secondary N) is 2. The molecule has 0 aliphatic rings. The van der Waals surface area contributed by atoms with E-state index in [1.54, 1.807) is 7.11 Å². The average molecular weight is 383 g/mol. The third-order valence-electron chi connectivity index (χ3n) is 3.47. The highest BCUT2D eigenvalue weighted by atomic mass is 35.5. The van der Waals surface area contributed by atoms with E-state index in [9.17, 15) is 13.2 Å². The minimum absolute atomic E-state index is 0.151. The molecule has 0 saturated carbocycles. The number of hydrogen-bond acceptors (Lipinski definition) is 4. The third-order valence-corrected chi connectivity index (χ3v) is 4.39. The molecule has 1 atom stereocenters. The first kappa shape index (κ1) is 19.1. The predicted molar refractivity (Wildman–Crippen MR) is 98.8 cm³/mol. The Balaban J connectivity index is 2.18. The predicted octanol–water partition coefficient (Wildman–Crippen LogP) is 3.21. The summed E-state index contributed by atoms with van der Waals surface area (Å²) >= 11 is 6.12. The molecule has 0 spiro atoms. The Bertz CT molecular complexity index is 884. The zero-order valence-electron chi connectivity index (χ0n) is 14.0. The summed E-state index contributed by atoms with van der Waals surface area (Å²) in [6, 6.07) is 11.4. The molecule has 0 fully saturated rings. The second kappa shape index (κ2) is 7.76. The summed E-state index contributed by atoms with van der Waals surface area (Å²) in [4.78, 5) is 12.5. The minimum atomic E-state index is -3.41. The van der Waals surface area contributed by atoms with Gasteiger partial charge in [-0.1, -0.05) is 29.8 Å². The minimum Gasteiger partial charge on any atom is -0.496 e. The summed E-state index contributed by atoms with van der Waals surface area (Å²) < 4.78 is 30.1. The Hall–Kier alpha value is -2.25. The Morgan fingerprint density at radius 1 is 1.20 bits per heavy atom. The van der Waals surface area contributed by atoms with Gasteiger partial charge in [-0.25, -0.2) is 8.42 Å². The summed E-state index contributed by atoms with van der Waals surface area (Å²) in [7, 11) is -1.85. The van der Waals surface area contributed by atoms with Gasteiger partial charge in [0.25, 0.3) is 5.91 Å². The second-order valence-corrected chi connectivity index (χ2v) is 7.66. The van der Waals surface area contributed by atoms with E-state index < -0.39 is 10.0 Å². The van der Waals surface area contributed by atoms with Crippen molar-refractivity contribution in [1.29, 1.82) is 0 Å². The molecular formula is C17H19ClN2O4S. The number of ether oxygens (including phenoxy) is 1. The summed E-state index contributed by atoms with van der Waals surface area (Å²) in [5.41, 5.74) is 1.38. The number of para-hydroxylation sites is 1. The number of benzene rings is 2. The average Bonchev–Trinajstić information content (AvgIpc) is 2.53. The fourth-order valence-electron chi connectivity index (χ4n) is 2.35. The number of methoxy groups -OCH3 is 1. The SMILES string of the molecule is COc1ccccc1C(C)NC(=O)c1ccc(NS(C)(=O)=O)cc1Cl. The summed E-state index contributed by atoms with van der Waals surface area (Å²) in [6.07, 6.45) is 1.04. The molecule has 0 aliphatic heterocycles. The first-order valence-electron chi connectivity index (χ1n) is 7.42. The highest BCUT2D eigenvalue weighted by Crippen LogP contribution is 2.26. The van der Waals surface area contributed by atoms with Gasteiger partial charge in [0.15, 0.2) is 0 Å². The number of amides is 1. The molecule has 25 heavy (non-hydrogen) atoms. The van der Waals surface area contributed by atoms with Crippen molar-refractivity contribution in [2.45, 2.75) is 13.0 Å². The van der Waals surface area contributed by atoms with Gasteiger partial charge in [-0.2, -0.15) is 0 Å². The van der Waals surface area contributed by atoms with E-state index in [1.165, 1.54) is 18.2 Å². The summed E-state index contributed by atoms with van der Waals surface area (Å²) in [6.45, 7) is 1.84. The standard InChI is InChI=1S/C17H19ClN2O4S/c1-11(13-6-4-5-7-16(13)24-2)19-17(21)14-9-8-12(10-15(14)18)20-25(3,22)23/h4-11,20H,1-3H3,(H,19,21). The van der Waals surface area contributed by atoms with Crippen molar-refractivity contribution >= 4 is 33.2 Å². The number of sulfonamides is 1. The molecule has 1 unspecified atom stereocenters. The number of carbonyl (C=O) groups excluding carboxylic acids is 1. The molecule has 0 aliphatic carbocycles. The quantitative estimate of drug-likeness (QED) is 0.803. The van der Waals surface area contributed by atoms with E-state index in [0.717, 1.165) is 11.8 Å². The smallest absolute Gasteiger partial charge is 0.253 e. The summed E-state index contributed by atoms with van der Waals surface area (Å²) in [5, 5.41) is 3.00. The van der Waals surface area contributed by atoms with Gasteiger partial charge in [-0.05, 0) is 31.2 Å². The first-order valence-corrected chi connectivity index (χ1v) is 9.69. The fraction of sp³-hybridized carbons (Fsp3) is 0.235. The molecule has 2 rings (SSSR count). The van der Waals surface area contributed by atoms with Crippen LogP contribution >= 0.6 is 11.6 Å². The third kappa shape index (κ3) is 5.11. The van der Waals surface area contributed by atoms with Crippen LogP contribution in [0.1, 0.15) is 28.9 Å². The van der Waals surface area contributed by atoms with Gasteiger partial charge in [-0.15, -0.1) is 0 Å². The summed E-state index contributed by atoms with van der Waals surface area (Å²) in [5.74, 6) is 0.309. The lowest BCUT2D eigenvalue weighted by Gasteiger charge is -2.18. The highest BCUT2D eigenvalue weighted by Gasteiger charge is 2.17. The van der Waals surface area contributed by atoms with Gasteiger partial charge in [0.1, 0.15) is 5.75 Å². The van der Waals surface area contributed by atoms with E-state index in [0.29, 0.717) is 11.4 Å². The van der Waals surface area contributed by atoms with E-state index in [1.807, 2.05) is 31.2 Å². The molecule has 2 N–H and O–H groups in total. The van der Waals surface area contributed by atoms with Crippen LogP contribution in [-0.2, 0) is 10.0 Å². The molecule has 0 bridgehead atoms. The molecule has 6 nitrogen and oxygen atoms in total. The molecule has 2 aromatic carbocycles. The maximum atomic E-state index is 12.5. The van der Waals surface area contributed by atoms with Crippen LogP contribution in [0.5, 0.6) is 5.75 Å². The van der Waals surface area contributed by atoms with Gasteiger partial charge >= 0.3 is 0 Å². The molecule has 0 aromatic heterocycles. The lowest BCUT2D eigenvalue weighted by atomic mass is 10.1. The molecule has 0 heterocycles. The van der Waals surface area contributed by atoms with E-state index in [4.69, 9.17) is 16.3 Å². The van der Waals surface area contributed by atoms with Crippen LogP contribution in [0, 0.1) is 0 Å². The molecule has 1 amide bonds. The maximum Gasteiger partial charge on any atom is 0.253 e. The monoisotopic (exact) mass is 382 g/mol. The van der Waals surface area contributed by atoms with Crippen LogP contribution in [0.4, 0.5) is 5.69 Å². The van der Waals surface area contributed by atoms with Gasteiger partial charge in [0, 0.05) is 11.3 Å². The van der Waals surface area contributed by atoms with Crippen molar-refractivity contribution in [3.8, 4) is 5.75 Å². The van der Waals surface area contributed by atoms with Crippen LogP contribution in [-0.4, -0.2) is 27.7 Å². The lowest BCUT2D eigenvalue weighted by molar-refractivity contribution is 0.0939. The van der Waals surface area contributed by atoms with Crippen molar-refractivity contribution < 1.29 is 17.9 Å². The molecule has 134 valence electrons. The van der Waals surface area contributed by atoms with Gasteiger partial charge < -0.3 is 10.1 Å². The van der Waals surface area contributed by atoms with E-state index in [2.05, 4.69) is 10.0 Å². The van der Waals surface area contributed by atoms with Crippen molar-refractivity contribution in [1.82, 2.24) is 5.32 Å². The van der Waals surface area contributed by atoms with Crippen molar-refractivity contribution in [3.05, 3.63) is 58.6 Å². The van der Waals surface area contributed by atoms with Gasteiger partial charge in [-0.3, -0.25) is 9.52 Å². The van der Waals surface area contributed by atoms with Crippen LogP contribution < -0.4 is 14.8 Å². The number of hydrogen-bond donors (Lipinski definition) is 2. The Kier molecular flexibility index (Phi) is 5.92. The molecular weight excluding hydrogens is 364 g/mol. The molecule has 2 aromatic rings. The van der Waals surface area contributed by atoms with E-state index >= 15 is 0 Å². The number of rotatable bonds is 6. The Morgan fingerprint density at radius 2 is 1.88 bits per heavy atom. The molecule has 0 saturated heterocycles. The van der Waals surface area contributed by atoms with Crippen molar-refractivity contribution in [3.63, 3.8) is 0 Å². The molecule has 0 radical (unpaired) electrons. The van der Waals surface area contributed by atoms with Crippen molar-refractivity contribution in [2.75, 3.05) is 18.1 Å². The normalized spacial score (nSPS) is 12.3. The fourth-order valence-corrected chi connectivity index (χ4v) is 3.17. The molecule has 8 heteroatoms. The zero-order chi connectivity index (χ0) is 18.6. The zero-order valence-corrected chi connectivity index (χ0v) is 15.6. The Labute approximate surface area is 152 Å². The van der Waals surface area contributed by atoms with E-state index in [-0.39, 0.29) is 22.5 Å². The van der Waals surface area contributed by atoms with Crippen LogP contribution in [0.15, 0.2) is 42.5 Å². The largest absolute Gasteiger partial charge is 0.496 e. The van der Waals surface area contributed by atoms with Crippen molar-refractivity contribution in [2.24, 2.45) is 0 Å². The lowest BCUT2D eigenvalue weighted by Crippen LogP contribution is -2.27. The van der Waals surface area contributed by atoms with Crippen LogP contribution in [0.3, 0.4) is 0 Å². The second-order valence-electron chi connectivity index (χ2n) is 5.51. The number of carbonyl (C=O) groups is 1.